The molecule has 1 aliphatic heterocycles. The average molecular weight is 463 g/mol. The second kappa shape index (κ2) is 9.38. The Hall–Kier alpha value is -3.78. The van der Waals surface area contributed by atoms with Crippen LogP contribution in [0.5, 0.6) is 0 Å². The standard InChI is InChI=1S/C25H22N2O5S/c1-15-10-11-18-19(13-15)24(30)27(23(18)29)16(2)25(31)32-14-21(28)26-22(20-9-6-12-33-20)17-7-4-3-5-8-17/h3-13,16,22H,14H2,1-2H3,(H,26,28). The first kappa shape index (κ1) is 22.4. The Morgan fingerprint density at radius 2 is 1.73 bits per heavy atom. The Balaban J connectivity index is 1.40. The summed E-state index contributed by atoms with van der Waals surface area (Å²) in [6, 6.07) is 16.7. The second-order valence-corrected chi connectivity index (χ2v) is 8.72. The van der Waals surface area contributed by atoms with E-state index in [-0.39, 0.29) is 17.2 Å². The molecule has 0 saturated carbocycles. The number of thiophene rings is 1. The summed E-state index contributed by atoms with van der Waals surface area (Å²) in [5.41, 5.74) is 2.25. The van der Waals surface area contributed by atoms with E-state index in [1.54, 1.807) is 18.2 Å². The van der Waals surface area contributed by atoms with Gasteiger partial charge in [-0.15, -0.1) is 11.3 Å². The summed E-state index contributed by atoms with van der Waals surface area (Å²) >= 11 is 1.51. The zero-order valence-electron chi connectivity index (χ0n) is 18.1. The maximum atomic E-state index is 12.7. The molecule has 1 N–H and O–H groups in total. The van der Waals surface area contributed by atoms with Crippen LogP contribution in [0.3, 0.4) is 0 Å². The molecule has 8 heteroatoms. The third kappa shape index (κ3) is 4.56. The molecule has 3 aromatic rings. The second-order valence-electron chi connectivity index (χ2n) is 7.74. The third-order valence-electron chi connectivity index (χ3n) is 5.41. The van der Waals surface area contributed by atoms with E-state index in [0.717, 1.165) is 20.9 Å². The van der Waals surface area contributed by atoms with Crippen molar-refractivity contribution >= 4 is 35.0 Å². The number of carbonyl (C=O) groups excluding carboxylic acids is 4. The normalized spacial score (nSPS) is 14.5. The van der Waals surface area contributed by atoms with Crippen LogP contribution < -0.4 is 5.32 Å². The number of rotatable bonds is 7. The van der Waals surface area contributed by atoms with Crippen LogP contribution in [0.1, 0.15) is 49.7 Å². The lowest BCUT2D eigenvalue weighted by atomic mass is 10.1. The number of amides is 3. The van der Waals surface area contributed by atoms with E-state index < -0.39 is 36.3 Å². The first-order chi connectivity index (χ1) is 15.9. The molecular formula is C25H22N2O5S. The highest BCUT2D eigenvalue weighted by molar-refractivity contribution is 7.10. The maximum absolute atomic E-state index is 12.7. The number of nitrogens with zero attached hydrogens (tertiary/aromatic N) is 1. The monoisotopic (exact) mass is 462 g/mol. The molecule has 0 aliphatic carbocycles. The summed E-state index contributed by atoms with van der Waals surface area (Å²) in [7, 11) is 0. The van der Waals surface area contributed by atoms with Gasteiger partial charge in [0.25, 0.3) is 17.7 Å². The molecule has 1 aliphatic rings. The number of carbonyl (C=O) groups is 4. The molecule has 0 spiro atoms. The number of esters is 1. The number of nitrogens with one attached hydrogen (secondary N) is 1. The predicted octanol–water partition coefficient (Wildman–Crippen LogP) is 3.49. The fourth-order valence-corrected chi connectivity index (χ4v) is 4.51. The van der Waals surface area contributed by atoms with Gasteiger partial charge in [-0.1, -0.05) is 48.0 Å². The van der Waals surface area contributed by atoms with Crippen LogP contribution in [0, 0.1) is 6.92 Å². The SMILES string of the molecule is Cc1ccc2c(c1)C(=O)N(C(C)C(=O)OCC(=O)NC(c1ccccc1)c1cccs1)C2=O. The molecule has 2 unspecified atom stereocenters. The molecule has 0 radical (unpaired) electrons. The lowest BCUT2D eigenvalue weighted by Crippen LogP contribution is -2.44. The number of fused-ring (bicyclic) bond motifs is 1. The molecule has 2 heterocycles. The Morgan fingerprint density at radius 1 is 1.00 bits per heavy atom. The van der Waals surface area contributed by atoms with Crippen molar-refractivity contribution in [1.82, 2.24) is 10.2 Å². The van der Waals surface area contributed by atoms with Gasteiger partial charge in [0.1, 0.15) is 6.04 Å². The van der Waals surface area contributed by atoms with Gasteiger partial charge in [-0.25, -0.2) is 4.79 Å². The zero-order valence-corrected chi connectivity index (χ0v) is 18.9. The Morgan fingerprint density at radius 3 is 2.42 bits per heavy atom. The molecule has 2 aromatic carbocycles. The molecule has 168 valence electrons. The summed E-state index contributed by atoms with van der Waals surface area (Å²) in [6.07, 6.45) is 0. The number of hydrogen-bond acceptors (Lipinski definition) is 6. The van der Waals surface area contributed by atoms with E-state index in [4.69, 9.17) is 4.74 Å². The van der Waals surface area contributed by atoms with Gasteiger partial charge in [0.05, 0.1) is 17.2 Å². The average Bonchev–Trinajstić information content (AvgIpc) is 3.43. The lowest BCUT2D eigenvalue weighted by Gasteiger charge is -2.21. The van der Waals surface area contributed by atoms with Crippen molar-refractivity contribution < 1.29 is 23.9 Å². The highest BCUT2D eigenvalue weighted by Gasteiger charge is 2.41. The Kier molecular flexibility index (Phi) is 6.37. The molecule has 0 saturated heterocycles. The summed E-state index contributed by atoms with van der Waals surface area (Å²) < 4.78 is 5.16. The van der Waals surface area contributed by atoms with Crippen molar-refractivity contribution in [1.29, 1.82) is 0 Å². The van der Waals surface area contributed by atoms with E-state index in [1.807, 2.05) is 54.8 Å². The van der Waals surface area contributed by atoms with E-state index in [9.17, 15) is 19.2 Å². The number of aryl methyl sites for hydroxylation is 1. The fourth-order valence-electron chi connectivity index (χ4n) is 3.71. The molecule has 3 amide bonds. The summed E-state index contributed by atoms with van der Waals surface area (Å²) in [6.45, 7) is 2.70. The molecule has 33 heavy (non-hydrogen) atoms. The van der Waals surface area contributed by atoms with Crippen molar-refractivity contribution in [2.45, 2.75) is 25.9 Å². The summed E-state index contributed by atoms with van der Waals surface area (Å²) in [5, 5.41) is 4.80. The van der Waals surface area contributed by atoms with Crippen LogP contribution in [0.2, 0.25) is 0 Å². The van der Waals surface area contributed by atoms with E-state index in [2.05, 4.69) is 5.32 Å². The van der Waals surface area contributed by atoms with Gasteiger partial charge in [0.15, 0.2) is 6.61 Å². The molecule has 2 atom stereocenters. The molecule has 0 fully saturated rings. The van der Waals surface area contributed by atoms with E-state index >= 15 is 0 Å². The van der Waals surface area contributed by atoms with Gasteiger partial charge < -0.3 is 10.1 Å². The van der Waals surface area contributed by atoms with Crippen LogP contribution in [0.4, 0.5) is 0 Å². The fraction of sp³-hybridized carbons (Fsp3) is 0.200. The molecule has 0 bridgehead atoms. The van der Waals surface area contributed by atoms with Gasteiger partial charge in [-0.2, -0.15) is 0 Å². The molecule has 7 nitrogen and oxygen atoms in total. The first-order valence-electron chi connectivity index (χ1n) is 10.4. The van der Waals surface area contributed by atoms with Crippen molar-refractivity contribution in [3.05, 3.63) is 93.2 Å². The van der Waals surface area contributed by atoms with Gasteiger partial charge in [-0.05, 0) is 43.0 Å². The first-order valence-corrected chi connectivity index (χ1v) is 11.3. The number of imide groups is 1. The number of ether oxygens (including phenoxy) is 1. The van der Waals surface area contributed by atoms with Gasteiger partial charge >= 0.3 is 5.97 Å². The van der Waals surface area contributed by atoms with Crippen LogP contribution in [0.15, 0.2) is 66.0 Å². The van der Waals surface area contributed by atoms with Crippen molar-refractivity contribution in [2.24, 2.45) is 0 Å². The van der Waals surface area contributed by atoms with E-state index in [1.165, 1.54) is 18.3 Å². The largest absolute Gasteiger partial charge is 0.454 e. The van der Waals surface area contributed by atoms with Crippen LogP contribution >= 0.6 is 11.3 Å². The van der Waals surface area contributed by atoms with Gasteiger partial charge in [-0.3, -0.25) is 19.3 Å². The lowest BCUT2D eigenvalue weighted by molar-refractivity contribution is -0.152. The minimum atomic E-state index is -1.16. The number of hydrogen-bond donors (Lipinski definition) is 1. The summed E-state index contributed by atoms with van der Waals surface area (Å²) in [5.74, 6) is -2.42. The molecular weight excluding hydrogens is 440 g/mol. The Bertz CT molecular complexity index is 1210. The maximum Gasteiger partial charge on any atom is 0.329 e. The Labute approximate surface area is 195 Å². The van der Waals surface area contributed by atoms with Crippen molar-refractivity contribution in [3.8, 4) is 0 Å². The highest BCUT2D eigenvalue weighted by atomic mass is 32.1. The predicted molar refractivity (Wildman–Crippen MR) is 123 cm³/mol. The molecule has 1 aromatic heterocycles. The summed E-state index contributed by atoms with van der Waals surface area (Å²) in [4.78, 5) is 52.3. The van der Waals surface area contributed by atoms with Crippen molar-refractivity contribution in [2.75, 3.05) is 6.61 Å². The van der Waals surface area contributed by atoms with Crippen LogP contribution in [0.25, 0.3) is 0 Å². The topological polar surface area (TPSA) is 92.8 Å². The number of benzene rings is 2. The van der Waals surface area contributed by atoms with Gasteiger partial charge in [0.2, 0.25) is 0 Å². The smallest absolute Gasteiger partial charge is 0.329 e. The van der Waals surface area contributed by atoms with Gasteiger partial charge in [0, 0.05) is 4.88 Å². The van der Waals surface area contributed by atoms with Crippen molar-refractivity contribution in [3.63, 3.8) is 0 Å². The van der Waals surface area contributed by atoms with Crippen LogP contribution in [-0.2, 0) is 14.3 Å². The zero-order chi connectivity index (χ0) is 23.5. The van der Waals surface area contributed by atoms with Crippen LogP contribution in [-0.4, -0.2) is 41.2 Å². The molecule has 4 rings (SSSR count). The minimum Gasteiger partial charge on any atom is -0.454 e. The highest BCUT2D eigenvalue weighted by Crippen LogP contribution is 2.27. The minimum absolute atomic E-state index is 0.254. The van der Waals surface area contributed by atoms with E-state index in [0.29, 0.717) is 0 Å². The third-order valence-corrected chi connectivity index (χ3v) is 6.35. The quantitative estimate of drug-likeness (QED) is 0.429.